The summed E-state index contributed by atoms with van der Waals surface area (Å²) in [5, 5.41) is 21.5. The van der Waals surface area contributed by atoms with Gasteiger partial charge in [0.1, 0.15) is 11.6 Å². The highest BCUT2D eigenvalue weighted by Crippen LogP contribution is 2.30. The Morgan fingerprint density at radius 3 is 2.70 bits per heavy atom. The molecular weight excluding hydrogens is 297 g/mol. The summed E-state index contributed by atoms with van der Waals surface area (Å²) in [7, 11) is 0. The van der Waals surface area contributed by atoms with Gasteiger partial charge in [-0.05, 0) is 42.3 Å². The van der Waals surface area contributed by atoms with E-state index in [0.717, 1.165) is 29.4 Å². The second-order valence-electron chi connectivity index (χ2n) is 6.12. The van der Waals surface area contributed by atoms with Crippen molar-refractivity contribution < 1.29 is 14.6 Å². The molecule has 5 nitrogen and oxygen atoms in total. The monoisotopic (exact) mass is 319 g/mol. The molecule has 0 aliphatic carbocycles. The average Bonchev–Trinajstić information content (AvgIpc) is 2.60. The zero-order valence-electron chi connectivity index (χ0n) is 12.9. The summed E-state index contributed by atoms with van der Waals surface area (Å²) in [6, 6.07) is 6.58. The SMILES string of the molecule is NC[C@@H](O)[C@@H](O)C1CCN(c2nccc3ccc(F)cc23)CC1. The maximum atomic E-state index is 13.6. The van der Waals surface area contributed by atoms with Crippen molar-refractivity contribution >= 4 is 16.6 Å². The van der Waals surface area contributed by atoms with Crippen LogP contribution in [0.3, 0.4) is 0 Å². The van der Waals surface area contributed by atoms with E-state index in [9.17, 15) is 14.6 Å². The molecule has 0 unspecified atom stereocenters. The van der Waals surface area contributed by atoms with E-state index in [0.29, 0.717) is 13.1 Å². The number of pyridine rings is 1. The zero-order valence-corrected chi connectivity index (χ0v) is 12.9. The van der Waals surface area contributed by atoms with Crippen molar-refractivity contribution in [2.45, 2.75) is 25.0 Å². The quantitative estimate of drug-likeness (QED) is 0.790. The lowest BCUT2D eigenvalue weighted by Crippen LogP contribution is -2.44. The molecule has 1 fully saturated rings. The molecule has 3 rings (SSSR count). The first-order chi connectivity index (χ1) is 11.1. The Morgan fingerprint density at radius 2 is 2.00 bits per heavy atom. The molecule has 1 aliphatic rings. The molecule has 2 heterocycles. The minimum atomic E-state index is -0.878. The maximum absolute atomic E-state index is 13.6. The first-order valence-corrected chi connectivity index (χ1v) is 7.95. The van der Waals surface area contributed by atoms with E-state index < -0.39 is 12.2 Å². The fourth-order valence-corrected chi connectivity index (χ4v) is 3.28. The van der Waals surface area contributed by atoms with Crippen molar-refractivity contribution in [3.8, 4) is 0 Å². The van der Waals surface area contributed by atoms with Gasteiger partial charge in [-0.25, -0.2) is 9.37 Å². The molecule has 0 amide bonds. The fraction of sp³-hybridized carbons (Fsp3) is 0.471. The summed E-state index contributed by atoms with van der Waals surface area (Å²) in [6.07, 6.45) is 1.54. The summed E-state index contributed by atoms with van der Waals surface area (Å²) in [4.78, 5) is 6.53. The zero-order chi connectivity index (χ0) is 16.4. The van der Waals surface area contributed by atoms with Crippen LogP contribution < -0.4 is 10.6 Å². The Labute approximate surface area is 134 Å². The van der Waals surface area contributed by atoms with Crippen molar-refractivity contribution in [2.24, 2.45) is 11.7 Å². The van der Waals surface area contributed by atoms with Gasteiger partial charge in [-0.3, -0.25) is 0 Å². The van der Waals surface area contributed by atoms with E-state index in [1.807, 2.05) is 6.07 Å². The van der Waals surface area contributed by atoms with E-state index in [1.165, 1.54) is 12.1 Å². The van der Waals surface area contributed by atoms with E-state index in [4.69, 9.17) is 5.73 Å². The number of fused-ring (bicyclic) bond motifs is 1. The van der Waals surface area contributed by atoms with Crippen LogP contribution >= 0.6 is 0 Å². The predicted molar refractivity (Wildman–Crippen MR) is 87.7 cm³/mol. The number of benzene rings is 1. The van der Waals surface area contributed by atoms with Crippen LogP contribution in [0.15, 0.2) is 30.5 Å². The van der Waals surface area contributed by atoms with Crippen LogP contribution in [0.1, 0.15) is 12.8 Å². The molecule has 0 radical (unpaired) electrons. The highest BCUT2D eigenvalue weighted by Gasteiger charge is 2.30. The van der Waals surface area contributed by atoms with Crippen molar-refractivity contribution in [3.05, 3.63) is 36.3 Å². The number of halogens is 1. The van der Waals surface area contributed by atoms with Gasteiger partial charge in [0, 0.05) is 31.2 Å². The molecule has 1 aromatic carbocycles. The minimum absolute atomic E-state index is 0.0245. The molecule has 6 heteroatoms. The molecule has 1 aliphatic heterocycles. The number of nitrogens with zero attached hydrogens (tertiary/aromatic N) is 2. The Kier molecular flexibility index (Phi) is 4.75. The van der Waals surface area contributed by atoms with Crippen molar-refractivity contribution in [1.82, 2.24) is 4.98 Å². The highest BCUT2D eigenvalue weighted by molar-refractivity contribution is 5.92. The molecule has 1 saturated heterocycles. The molecular formula is C17H22FN3O2. The van der Waals surface area contributed by atoms with Crippen LogP contribution in [0.4, 0.5) is 10.2 Å². The van der Waals surface area contributed by atoms with Crippen LogP contribution in [-0.2, 0) is 0 Å². The highest BCUT2D eigenvalue weighted by atomic mass is 19.1. The summed E-state index contributed by atoms with van der Waals surface area (Å²) in [5.41, 5.74) is 5.41. The molecule has 23 heavy (non-hydrogen) atoms. The summed E-state index contributed by atoms with van der Waals surface area (Å²) in [6.45, 7) is 1.48. The van der Waals surface area contributed by atoms with E-state index in [-0.39, 0.29) is 18.3 Å². The summed E-state index contributed by atoms with van der Waals surface area (Å²) in [5.74, 6) is 0.522. The van der Waals surface area contributed by atoms with Gasteiger partial charge in [0.05, 0.1) is 12.2 Å². The first-order valence-electron chi connectivity index (χ1n) is 7.95. The smallest absolute Gasteiger partial charge is 0.136 e. The molecule has 124 valence electrons. The van der Waals surface area contributed by atoms with Gasteiger partial charge in [-0.1, -0.05) is 6.07 Å². The number of hydrogen-bond donors (Lipinski definition) is 3. The number of aromatic nitrogens is 1. The second kappa shape index (κ2) is 6.78. The average molecular weight is 319 g/mol. The van der Waals surface area contributed by atoms with Gasteiger partial charge in [-0.2, -0.15) is 0 Å². The first kappa shape index (κ1) is 16.1. The molecule has 4 N–H and O–H groups in total. The molecule has 2 atom stereocenters. The summed E-state index contributed by atoms with van der Waals surface area (Å²) < 4.78 is 13.6. The van der Waals surface area contributed by atoms with Gasteiger partial charge in [-0.15, -0.1) is 0 Å². The summed E-state index contributed by atoms with van der Waals surface area (Å²) >= 11 is 0. The Balaban J connectivity index is 1.77. The third-order valence-electron chi connectivity index (χ3n) is 4.67. The Bertz CT molecular complexity index is 674. The van der Waals surface area contributed by atoms with Gasteiger partial charge in [0.2, 0.25) is 0 Å². The van der Waals surface area contributed by atoms with E-state index in [1.54, 1.807) is 12.3 Å². The van der Waals surface area contributed by atoms with Crippen molar-refractivity contribution in [3.63, 3.8) is 0 Å². The van der Waals surface area contributed by atoms with Gasteiger partial charge < -0.3 is 20.8 Å². The molecule has 1 aromatic heterocycles. The molecule has 0 saturated carbocycles. The third-order valence-corrected chi connectivity index (χ3v) is 4.67. The molecule has 2 aromatic rings. The van der Waals surface area contributed by atoms with Crippen molar-refractivity contribution in [1.29, 1.82) is 0 Å². The van der Waals surface area contributed by atoms with Gasteiger partial charge in [0.15, 0.2) is 0 Å². The van der Waals surface area contributed by atoms with Crippen molar-refractivity contribution in [2.75, 3.05) is 24.5 Å². The molecule has 0 spiro atoms. The maximum Gasteiger partial charge on any atom is 0.136 e. The van der Waals surface area contributed by atoms with E-state index in [2.05, 4.69) is 9.88 Å². The van der Waals surface area contributed by atoms with Crippen LogP contribution in [-0.4, -0.2) is 47.0 Å². The Hall–Kier alpha value is -1.76. The largest absolute Gasteiger partial charge is 0.390 e. The topological polar surface area (TPSA) is 82.6 Å². The predicted octanol–water partition coefficient (Wildman–Crippen LogP) is 1.27. The Morgan fingerprint density at radius 1 is 1.26 bits per heavy atom. The number of hydrogen-bond acceptors (Lipinski definition) is 5. The van der Waals surface area contributed by atoms with Crippen LogP contribution in [0, 0.1) is 11.7 Å². The van der Waals surface area contributed by atoms with Crippen LogP contribution in [0.25, 0.3) is 10.8 Å². The lowest BCUT2D eigenvalue weighted by Gasteiger charge is -2.36. The third kappa shape index (κ3) is 3.29. The van der Waals surface area contributed by atoms with Gasteiger partial charge >= 0.3 is 0 Å². The standard InChI is InChI=1S/C17H22FN3O2/c18-13-2-1-11-3-6-20-17(14(11)9-13)21-7-4-12(5-8-21)16(23)15(22)10-19/h1-3,6,9,12,15-16,22-23H,4-5,7-8,10,19H2/t15-,16+/m1/s1. The number of aliphatic hydroxyl groups excluding tert-OH is 2. The lowest BCUT2D eigenvalue weighted by molar-refractivity contribution is -0.0185. The van der Waals surface area contributed by atoms with E-state index >= 15 is 0 Å². The number of rotatable bonds is 4. The number of aliphatic hydroxyl groups is 2. The fourth-order valence-electron chi connectivity index (χ4n) is 3.28. The lowest BCUT2D eigenvalue weighted by atomic mass is 9.88. The van der Waals surface area contributed by atoms with Gasteiger partial charge in [0.25, 0.3) is 0 Å². The molecule has 0 bridgehead atoms. The normalized spacial score (nSPS) is 19.0. The van der Waals surface area contributed by atoms with Crippen LogP contribution in [0.5, 0.6) is 0 Å². The number of anilines is 1. The van der Waals surface area contributed by atoms with Crippen LogP contribution in [0.2, 0.25) is 0 Å². The minimum Gasteiger partial charge on any atom is -0.390 e. The second-order valence-corrected chi connectivity index (χ2v) is 6.12. The number of piperidine rings is 1. The number of nitrogens with two attached hydrogens (primary N) is 1.